The van der Waals surface area contributed by atoms with E-state index in [2.05, 4.69) is 38.5 Å². The Morgan fingerprint density at radius 2 is 1.79 bits per heavy atom. The number of guanidine groups is 1. The fourth-order valence-corrected chi connectivity index (χ4v) is 2.48. The quantitative estimate of drug-likeness (QED) is 0.184. The number of nitrogens with zero attached hydrogens (tertiary/aromatic N) is 3. The fraction of sp³-hybridized carbons (Fsp3) is 0.650. The maximum absolute atomic E-state index is 5.91. The van der Waals surface area contributed by atoms with Gasteiger partial charge in [0.25, 0.3) is 0 Å². The van der Waals surface area contributed by atoms with E-state index in [0.29, 0.717) is 13.2 Å². The van der Waals surface area contributed by atoms with Crippen LogP contribution in [0.1, 0.15) is 12.0 Å². The Morgan fingerprint density at radius 1 is 1.04 bits per heavy atom. The zero-order chi connectivity index (χ0) is 19.9. The zero-order valence-corrected chi connectivity index (χ0v) is 20.4. The Morgan fingerprint density at radius 3 is 2.46 bits per heavy atom. The fourth-order valence-electron chi connectivity index (χ4n) is 2.48. The van der Waals surface area contributed by atoms with Crippen LogP contribution in [0.2, 0.25) is 0 Å². The second kappa shape index (κ2) is 16.8. The first-order valence-corrected chi connectivity index (χ1v) is 9.54. The minimum Gasteiger partial charge on any atom is -0.492 e. The van der Waals surface area contributed by atoms with Crippen molar-refractivity contribution in [2.75, 3.05) is 74.7 Å². The normalized spacial score (nSPS) is 11.5. The number of rotatable bonds is 13. The van der Waals surface area contributed by atoms with Gasteiger partial charge in [-0.05, 0) is 33.6 Å². The highest BCUT2D eigenvalue weighted by Gasteiger charge is 2.05. The van der Waals surface area contributed by atoms with Crippen molar-refractivity contribution >= 4 is 29.9 Å². The van der Waals surface area contributed by atoms with Crippen LogP contribution < -0.4 is 15.4 Å². The van der Waals surface area contributed by atoms with Crippen LogP contribution in [0, 0.1) is 0 Å². The van der Waals surface area contributed by atoms with Crippen molar-refractivity contribution in [1.82, 2.24) is 20.4 Å². The molecule has 0 saturated heterocycles. The van der Waals surface area contributed by atoms with Crippen molar-refractivity contribution in [1.29, 1.82) is 0 Å². The molecule has 0 saturated carbocycles. The van der Waals surface area contributed by atoms with Crippen LogP contribution >= 0.6 is 24.0 Å². The Hall–Kier alpha value is -1.10. The van der Waals surface area contributed by atoms with Gasteiger partial charge in [-0.15, -0.1) is 24.0 Å². The van der Waals surface area contributed by atoms with Crippen LogP contribution in [0.5, 0.6) is 5.75 Å². The van der Waals surface area contributed by atoms with Gasteiger partial charge in [0.1, 0.15) is 12.4 Å². The standard InChI is InChI=1S/C20H37N5O2.HI/c1-21-20(22-11-13-25(4)12-8-15-26-5)23-17-18-9-6-7-10-19(18)27-16-14-24(2)3;/h6-7,9-10H,8,11-17H2,1-5H3,(H2,21,22,23);1H. The average molecular weight is 507 g/mol. The van der Waals surface area contributed by atoms with Crippen LogP contribution in [0.3, 0.4) is 0 Å². The van der Waals surface area contributed by atoms with Crippen molar-refractivity contribution in [2.24, 2.45) is 4.99 Å². The molecular weight excluding hydrogens is 469 g/mol. The van der Waals surface area contributed by atoms with E-state index in [4.69, 9.17) is 9.47 Å². The van der Waals surface area contributed by atoms with Gasteiger partial charge in [-0.2, -0.15) is 0 Å². The third-order valence-electron chi connectivity index (χ3n) is 4.11. The smallest absolute Gasteiger partial charge is 0.191 e. The number of likely N-dealkylation sites (N-methyl/N-ethyl adjacent to an activating group) is 2. The first-order valence-electron chi connectivity index (χ1n) is 9.54. The zero-order valence-electron chi connectivity index (χ0n) is 18.0. The molecule has 2 N–H and O–H groups in total. The van der Waals surface area contributed by atoms with Gasteiger partial charge in [0.2, 0.25) is 0 Å². The molecule has 0 aliphatic rings. The van der Waals surface area contributed by atoms with Crippen molar-refractivity contribution < 1.29 is 9.47 Å². The summed E-state index contributed by atoms with van der Waals surface area (Å²) in [6.07, 6.45) is 1.05. The van der Waals surface area contributed by atoms with Crippen molar-refractivity contribution in [3.8, 4) is 5.75 Å². The topological polar surface area (TPSA) is 61.4 Å². The van der Waals surface area contributed by atoms with Crippen molar-refractivity contribution in [3.63, 3.8) is 0 Å². The van der Waals surface area contributed by atoms with E-state index in [1.807, 2.05) is 32.3 Å². The van der Waals surface area contributed by atoms with Gasteiger partial charge in [-0.1, -0.05) is 18.2 Å². The lowest BCUT2D eigenvalue weighted by molar-refractivity contribution is 0.180. The lowest BCUT2D eigenvalue weighted by Gasteiger charge is -2.18. The SMILES string of the molecule is CN=C(NCCN(C)CCCOC)NCc1ccccc1OCCN(C)C.I. The summed E-state index contributed by atoms with van der Waals surface area (Å²) in [6.45, 7) is 5.85. The molecule has 0 atom stereocenters. The van der Waals surface area contributed by atoms with Crippen LogP contribution in [0.4, 0.5) is 0 Å². The molecule has 0 amide bonds. The molecule has 0 heterocycles. The molecule has 7 nitrogen and oxygen atoms in total. The van der Waals surface area contributed by atoms with E-state index >= 15 is 0 Å². The number of hydrogen-bond donors (Lipinski definition) is 2. The van der Waals surface area contributed by atoms with E-state index in [9.17, 15) is 0 Å². The monoisotopic (exact) mass is 507 g/mol. The molecule has 0 bridgehead atoms. The summed E-state index contributed by atoms with van der Waals surface area (Å²) in [7, 11) is 9.73. The van der Waals surface area contributed by atoms with E-state index < -0.39 is 0 Å². The summed E-state index contributed by atoms with van der Waals surface area (Å²) in [4.78, 5) is 8.69. The van der Waals surface area contributed by atoms with Crippen molar-refractivity contribution in [2.45, 2.75) is 13.0 Å². The molecule has 0 radical (unpaired) electrons. The molecule has 0 aromatic heterocycles. The van der Waals surface area contributed by atoms with E-state index in [1.165, 1.54) is 0 Å². The molecule has 28 heavy (non-hydrogen) atoms. The molecule has 1 rings (SSSR count). The number of ether oxygens (including phenoxy) is 2. The highest BCUT2D eigenvalue weighted by Crippen LogP contribution is 2.17. The van der Waals surface area contributed by atoms with Gasteiger partial charge in [-0.3, -0.25) is 4.99 Å². The maximum atomic E-state index is 5.91. The Bertz CT molecular complexity index is 543. The number of benzene rings is 1. The minimum absolute atomic E-state index is 0. The molecule has 0 fully saturated rings. The molecule has 0 aliphatic heterocycles. The summed E-state index contributed by atoms with van der Waals surface area (Å²) >= 11 is 0. The number of hydrogen-bond acceptors (Lipinski definition) is 5. The number of methoxy groups -OCH3 is 1. The first kappa shape index (κ1) is 26.9. The van der Waals surface area contributed by atoms with Gasteiger partial charge in [-0.25, -0.2) is 0 Å². The lowest BCUT2D eigenvalue weighted by Crippen LogP contribution is -2.40. The summed E-state index contributed by atoms with van der Waals surface area (Å²) in [6, 6.07) is 8.12. The van der Waals surface area contributed by atoms with E-state index in [1.54, 1.807) is 14.2 Å². The number of aliphatic imine (C=N–C) groups is 1. The van der Waals surface area contributed by atoms with E-state index in [-0.39, 0.29) is 24.0 Å². The third kappa shape index (κ3) is 12.4. The maximum Gasteiger partial charge on any atom is 0.191 e. The van der Waals surface area contributed by atoms with Gasteiger partial charge < -0.3 is 29.9 Å². The minimum atomic E-state index is 0. The highest BCUT2D eigenvalue weighted by molar-refractivity contribution is 14.0. The predicted octanol–water partition coefficient (Wildman–Crippen LogP) is 1.88. The summed E-state index contributed by atoms with van der Waals surface area (Å²) in [5, 5.41) is 6.72. The first-order chi connectivity index (χ1) is 13.1. The summed E-state index contributed by atoms with van der Waals surface area (Å²) in [5.41, 5.74) is 1.12. The molecular formula is C20H38IN5O2. The van der Waals surface area contributed by atoms with Gasteiger partial charge in [0, 0.05) is 59.1 Å². The molecule has 0 unspecified atom stereocenters. The second-order valence-electron chi connectivity index (χ2n) is 6.76. The Balaban J connectivity index is 0.00000729. The molecule has 1 aromatic rings. The largest absolute Gasteiger partial charge is 0.492 e. The van der Waals surface area contributed by atoms with Crippen LogP contribution in [-0.2, 0) is 11.3 Å². The van der Waals surface area contributed by atoms with Gasteiger partial charge in [0.05, 0.1) is 0 Å². The molecule has 0 aliphatic carbocycles. The number of para-hydroxylation sites is 1. The van der Waals surface area contributed by atoms with Crippen molar-refractivity contribution in [3.05, 3.63) is 29.8 Å². The van der Waals surface area contributed by atoms with Crippen LogP contribution in [-0.4, -0.2) is 90.5 Å². The predicted molar refractivity (Wildman–Crippen MR) is 128 cm³/mol. The third-order valence-corrected chi connectivity index (χ3v) is 4.11. The van der Waals surface area contributed by atoms with Gasteiger partial charge in [0.15, 0.2) is 5.96 Å². The molecule has 0 spiro atoms. The Kier molecular flexibility index (Phi) is 16.2. The second-order valence-corrected chi connectivity index (χ2v) is 6.76. The molecule has 1 aromatic carbocycles. The number of halogens is 1. The lowest BCUT2D eigenvalue weighted by atomic mass is 10.2. The van der Waals surface area contributed by atoms with E-state index in [0.717, 1.165) is 56.5 Å². The van der Waals surface area contributed by atoms with Crippen LogP contribution in [0.25, 0.3) is 0 Å². The highest BCUT2D eigenvalue weighted by atomic mass is 127. The van der Waals surface area contributed by atoms with Gasteiger partial charge >= 0.3 is 0 Å². The summed E-state index contributed by atoms with van der Waals surface area (Å²) < 4.78 is 11.0. The Labute approximate surface area is 187 Å². The summed E-state index contributed by atoms with van der Waals surface area (Å²) in [5.74, 6) is 1.71. The van der Waals surface area contributed by atoms with Crippen LogP contribution in [0.15, 0.2) is 29.3 Å². The number of nitrogens with one attached hydrogen (secondary N) is 2. The average Bonchev–Trinajstić information content (AvgIpc) is 2.65. The molecule has 8 heteroatoms. The molecule has 162 valence electrons.